The summed E-state index contributed by atoms with van der Waals surface area (Å²) in [5.41, 5.74) is 0.367. The number of fused-ring (bicyclic) bond motifs is 1. The van der Waals surface area contributed by atoms with Gasteiger partial charge in [-0.15, -0.1) is 33.7 Å². The van der Waals surface area contributed by atoms with Gasteiger partial charge in [0.25, 0.3) is 11.1 Å². The zero-order valence-corrected chi connectivity index (χ0v) is 19.7. The molecule has 0 aromatic carbocycles. The summed E-state index contributed by atoms with van der Waals surface area (Å²) in [7, 11) is 0. The van der Waals surface area contributed by atoms with E-state index in [2.05, 4.69) is 20.5 Å². The highest BCUT2D eigenvalue weighted by atomic mass is 32.2. The van der Waals surface area contributed by atoms with Gasteiger partial charge in [-0.25, -0.2) is 4.79 Å². The van der Waals surface area contributed by atoms with Crippen molar-refractivity contribution in [2.75, 3.05) is 17.3 Å². The molecule has 4 heterocycles. The van der Waals surface area contributed by atoms with Crippen LogP contribution >= 0.6 is 35.3 Å². The lowest BCUT2D eigenvalue weighted by Crippen LogP contribution is -2.70. The molecule has 3 N–H and O–H groups in total. The van der Waals surface area contributed by atoms with Crippen LogP contribution in [0.15, 0.2) is 50.3 Å². The maximum Gasteiger partial charge on any atom is 0.352 e. The number of aromatic nitrogens is 3. The number of hydrogen-bond acceptors (Lipinski definition) is 11. The van der Waals surface area contributed by atoms with Gasteiger partial charge in [0.2, 0.25) is 11.8 Å². The Morgan fingerprint density at radius 3 is 2.68 bits per heavy atom. The summed E-state index contributed by atoms with van der Waals surface area (Å²) in [6.45, 7) is 0. The minimum atomic E-state index is -1.25. The van der Waals surface area contributed by atoms with Crippen molar-refractivity contribution in [2.45, 2.75) is 28.0 Å². The molecule has 0 bridgehead atoms. The van der Waals surface area contributed by atoms with Crippen LogP contribution in [0.5, 0.6) is 0 Å². The minimum Gasteiger partial charge on any atom is -0.481 e. The lowest BCUT2D eigenvalue weighted by atomic mass is 10.0. The quantitative estimate of drug-likeness (QED) is 0.293. The van der Waals surface area contributed by atoms with Crippen molar-refractivity contribution < 1.29 is 33.8 Å². The summed E-state index contributed by atoms with van der Waals surface area (Å²) in [5, 5.41) is 28.2. The maximum absolute atomic E-state index is 12.7. The zero-order chi connectivity index (χ0) is 24.2. The molecule has 1 unspecified atom stereocenters. The first-order valence-electron chi connectivity index (χ1n) is 9.72. The molecular formula is C19H17N5O7S3. The van der Waals surface area contributed by atoms with Gasteiger partial charge in [-0.3, -0.25) is 24.3 Å². The number of carbonyl (C=O) groups is 4. The monoisotopic (exact) mass is 523 g/mol. The molecule has 0 radical (unpaired) electrons. The summed E-state index contributed by atoms with van der Waals surface area (Å²) in [6.07, 6.45) is 2.83. The van der Waals surface area contributed by atoms with Gasteiger partial charge < -0.3 is 19.9 Å². The summed E-state index contributed by atoms with van der Waals surface area (Å²) in [5.74, 6) is -2.61. The highest BCUT2D eigenvalue weighted by Gasteiger charge is 2.54. The Kier molecular flexibility index (Phi) is 7.43. The Morgan fingerprint density at radius 2 is 1.97 bits per heavy atom. The Labute approximate surface area is 205 Å². The van der Waals surface area contributed by atoms with Gasteiger partial charge >= 0.3 is 11.9 Å². The number of aliphatic carboxylic acids is 2. The van der Waals surface area contributed by atoms with E-state index >= 15 is 0 Å². The van der Waals surface area contributed by atoms with Crippen molar-refractivity contribution in [2.24, 2.45) is 0 Å². The topological polar surface area (TPSA) is 176 Å². The van der Waals surface area contributed by atoms with Crippen LogP contribution < -0.4 is 5.32 Å². The van der Waals surface area contributed by atoms with E-state index in [1.807, 2.05) is 0 Å². The molecule has 1 fully saturated rings. The number of nitrogens with zero attached hydrogens (tertiary/aromatic N) is 4. The van der Waals surface area contributed by atoms with Crippen LogP contribution in [0.4, 0.5) is 0 Å². The van der Waals surface area contributed by atoms with Gasteiger partial charge in [-0.2, -0.15) is 0 Å². The third-order valence-corrected chi connectivity index (χ3v) is 7.96. The van der Waals surface area contributed by atoms with E-state index in [9.17, 15) is 24.3 Å². The molecule has 2 aliphatic heterocycles. The van der Waals surface area contributed by atoms with E-state index in [0.29, 0.717) is 11.3 Å². The molecule has 2 aromatic rings. The number of β-lactam (4-membered cyclic amide) rings is 1. The molecule has 1 saturated heterocycles. The number of thioether (sulfide) groups is 3. The third-order valence-electron chi connectivity index (χ3n) is 4.71. The first-order chi connectivity index (χ1) is 16.3. The number of hydrogen-bond donors (Lipinski definition) is 3. The number of amides is 2. The van der Waals surface area contributed by atoms with Crippen LogP contribution in [-0.4, -0.2) is 82.7 Å². The minimum absolute atomic E-state index is 0.0564. The van der Waals surface area contributed by atoms with E-state index in [0.717, 1.165) is 16.7 Å². The molecule has 12 nitrogen and oxygen atoms in total. The molecule has 2 aliphatic rings. The second-order valence-corrected chi connectivity index (χ2v) is 10.1. The number of pyridine rings is 1. The van der Waals surface area contributed by atoms with Crippen molar-refractivity contribution in [3.8, 4) is 0 Å². The predicted molar refractivity (Wildman–Crippen MR) is 121 cm³/mol. The first kappa shape index (κ1) is 24.1. The van der Waals surface area contributed by atoms with E-state index in [4.69, 9.17) is 9.52 Å². The van der Waals surface area contributed by atoms with Gasteiger partial charge in [0.15, 0.2) is 0 Å². The number of carbonyl (C=O) groups excluding carboxylic acids is 2. The lowest BCUT2D eigenvalue weighted by Gasteiger charge is -2.49. The third kappa shape index (κ3) is 5.37. The fraction of sp³-hybridized carbons (Fsp3) is 0.316. The van der Waals surface area contributed by atoms with Crippen molar-refractivity contribution in [1.29, 1.82) is 0 Å². The van der Waals surface area contributed by atoms with E-state index in [1.54, 1.807) is 24.5 Å². The average Bonchev–Trinajstić information content (AvgIpc) is 3.26. The van der Waals surface area contributed by atoms with Gasteiger partial charge in [0, 0.05) is 28.8 Å². The second-order valence-electron chi connectivity index (χ2n) is 7.00. The molecule has 0 saturated carbocycles. The highest BCUT2D eigenvalue weighted by Crippen LogP contribution is 2.41. The normalized spacial score (nSPS) is 19.4. The second kappa shape index (κ2) is 10.5. The zero-order valence-electron chi connectivity index (χ0n) is 17.2. The van der Waals surface area contributed by atoms with Gasteiger partial charge in [-0.1, -0.05) is 11.8 Å². The smallest absolute Gasteiger partial charge is 0.352 e. The van der Waals surface area contributed by atoms with Crippen molar-refractivity contribution >= 4 is 59.0 Å². The number of nitrogens with one attached hydrogen (secondary N) is 1. The Morgan fingerprint density at radius 1 is 1.21 bits per heavy atom. The summed E-state index contributed by atoms with van der Waals surface area (Å²) < 4.78 is 5.23. The number of rotatable bonds is 10. The Bertz CT molecular complexity index is 1160. The fourth-order valence-corrected chi connectivity index (χ4v) is 6.20. The van der Waals surface area contributed by atoms with E-state index in [-0.39, 0.29) is 34.2 Å². The van der Waals surface area contributed by atoms with Crippen LogP contribution in [0.3, 0.4) is 0 Å². The van der Waals surface area contributed by atoms with Gasteiger partial charge in [-0.05, 0) is 17.7 Å². The molecule has 4 rings (SSSR count). The van der Waals surface area contributed by atoms with E-state index < -0.39 is 35.7 Å². The largest absolute Gasteiger partial charge is 0.481 e. The molecule has 2 atom stereocenters. The SMILES string of the molecule is O=C(O)Cc1nnc(SCC2=C(C(=O)O)N3C(=O)C(NC(=O)CSc4ccncc4)[C@H]3SC2)o1. The molecule has 0 aliphatic carbocycles. The molecule has 0 spiro atoms. The predicted octanol–water partition coefficient (Wildman–Crippen LogP) is 0.715. The molecule has 2 aromatic heterocycles. The maximum atomic E-state index is 12.7. The lowest BCUT2D eigenvalue weighted by molar-refractivity contribution is -0.150. The van der Waals surface area contributed by atoms with Crippen LogP contribution in [0.2, 0.25) is 0 Å². The molecule has 15 heteroatoms. The van der Waals surface area contributed by atoms with Crippen molar-refractivity contribution in [3.63, 3.8) is 0 Å². The first-order valence-corrected chi connectivity index (χ1v) is 12.7. The van der Waals surface area contributed by atoms with Crippen molar-refractivity contribution in [3.05, 3.63) is 41.7 Å². The molecule has 34 heavy (non-hydrogen) atoms. The highest BCUT2D eigenvalue weighted by molar-refractivity contribution is 8.01. The van der Waals surface area contributed by atoms with Crippen LogP contribution in [0.25, 0.3) is 0 Å². The molecule has 2 amide bonds. The standard InChI is InChI=1S/C19H17N5O7S3/c25-11(8-32-10-1-3-20-4-2-10)21-14-16(28)24-15(18(29)30)9(6-33-17(14)24)7-34-19-23-22-12(31-19)5-13(26)27/h1-4,14,17H,5-8H2,(H,21,25)(H,26,27)(H,29,30)/t14?,17-/m1/s1. The number of carboxylic acids is 2. The van der Waals surface area contributed by atoms with Crippen LogP contribution in [0.1, 0.15) is 5.89 Å². The van der Waals surface area contributed by atoms with Crippen molar-refractivity contribution in [1.82, 2.24) is 25.4 Å². The molecule has 178 valence electrons. The summed E-state index contributed by atoms with van der Waals surface area (Å²) in [4.78, 5) is 53.7. The average molecular weight is 524 g/mol. The van der Waals surface area contributed by atoms with Gasteiger partial charge in [0.1, 0.15) is 23.5 Å². The Balaban J connectivity index is 1.37. The van der Waals surface area contributed by atoms with Gasteiger partial charge in [0.05, 0.1) is 5.75 Å². The number of carboxylic acid groups (broad SMARTS) is 2. The van der Waals surface area contributed by atoms with Crippen LogP contribution in [0, 0.1) is 0 Å². The summed E-state index contributed by atoms with van der Waals surface area (Å²) >= 11 is 3.72. The fourth-order valence-electron chi connectivity index (χ4n) is 3.24. The van der Waals surface area contributed by atoms with Crippen LogP contribution in [-0.2, 0) is 25.6 Å². The Hall–Kier alpha value is -3.04. The van der Waals surface area contributed by atoms with E-state index in [1.165, 1.54) is 28.4 Å². The molecular weight excluding hydrogens is 506 g/mol. The summed E-state index contributed by atoms with van der Waals surface area (Å²) in [6, 6.07) is 2.75.